The minimum Gasteiger partial charge on any atom is -0.441 e. The third kappa shape index (κ3) is 5.00. The van der Waals surface area contributed by atoms with Gasteiger partial charge >= 0.3 is 6.18 Å². The lowest BCUT2D eigenvalue weighted by molar-refractivity contribution is -0.137. The summed E-state index contributed by atoms with van der Waals surface area (Å²) in [6.45, 7) is 0.234. The molecule has 0 aliphatic heterocycles. The van der Waals surface area contributed by atoms with E-state index in [9.17, 15) is 18.0 Å². The van der Waals surface area contributed by atoms with Crippen LogP contribution in [-0.4, -0.2) is 22.8 Å². The van der Waals surface area contributed by atoms with Gasteiger partial charge in [0.1, 0.15) is 0 Å². The molecule has 2 aromatic carbocycles. The molecule has 146 valence electrons. The number of nitrogens with zero attached hydrogens (tertiary/aromatic N) is 2. The van der Waals surface area contributed by atoms with Crippen molar-refractivity contribution in [1.29, 1.82) is 0 Å². The average Bonchev–Trinajstić information content (AvgIpc) is 3.15. The van der Waals surface area contributed by atoms with Crippen molar-refractivity contribution in [2.24, 2.45) is 0 Å². The van der Waals surface area contributed by atoms with Crippen molar-refractivity contribution in [3.05, 3.63) is 77.8 Å². The Labute approximate surface area is 160 Å². The molecule has 0 N–H and O–H groups in total. The van der Waals surface area contributed by atoms with Crippen LogP contribution in [-0.2, 0) is 23.9 Å². The molecular formula is C21H19F3N2O2. The molecule has 28 heavy (non-hydrogen) atoms. The summed E-state index contributed by atoms with van der Waals surface area (Å²) in [6, 6.07) is 14.3. The van der Waals surface area contributed by atoms with Crippen LogP contribution in [0, 0.1) is 0 Å². The Morgan fingerprint density at radius 1 is 1.07 bits per heavy atom. The van der Waals surface area contributed by atoms with Gasteiger partial charge in [0.15, 0.2) is 11.7 Å². The van der Waals surface area contributed by atoms with E-state index in [4.69, 9.17) is 4.42 Å². The maximum Gasteiger partial charge on any atom is 0.416 e. The number of alkyl halides is 3. The van der Waals surface area contributed by atoms with E-state index in [2.05, 4.69) is 4.98 Å². The summed E-state index contributed by atoms with van der Waals surface area (Å²) in [5.74, 6) is 0.968. The highest BCUT2D eigenvalue weighted by molar-refractivity contribution is 5.76. The van der Waals surface area contributed by atoms with Crippen molar-refractivity contribution in [3.63, 3.8) is 0 Å². The number of amides is 1. The first-order chi connectivity index (χ1) is 13.3. The predicted molar refractivity (Wildman–Crippen MR) is 98.2 cm³/mol. The second kappa shape index (κ2) is 8.29. The lowest BCUT2D eigenvalue weighted by Crippen LogP contribution is -2.26. The highest BCUT2D eigenvalue weighted by Gasteiger charge is 2.30. The van der Waals surface area contributed by atoms with E-state index in [1.165, 1.54) is 17.0 Å². The van der Waals surface area contributed by atoms with E-state index in [1.807, 2.05) is 30.3 Å². The third-order valence-electron chi connectivity index (χ3n) is 4.29. The van der Waals surface area contributed by atoms with Crippen molar-refractivity contribution >= 4 is 5.91 Å². The van der Waals surface area contributed by atoms with Gasteiger partial charge in [0.2, 0.25) is 5.91 Å². The minimum absolute atomic E-state index is 0.139. The summed E-state index contributed by atoms with van der Waals surface area (Å²) >= 11 is 0. The van der Waals surface area contributed by atoms with Gasteiger partial charge in [-0.1, -0.05) is 42.5 Å². The number of hydrogen-bond donors (Lipinski definition) is 0. The first-order valence-corrected chi connectivity index (χ1v) is 8.73. The highest BCUT2D eigenvalue weighted by Crippen LogP contribution is 2.29. The van der Waals surface area contributed by atoms with Crippen molar-refractivity contribution in [2.45, 2.75) is 25.6 Å². The van der Waals surface area contributed by atoms with Crippen LogP contribution in [0.25, 0.3) is 11.3 Å². The van der Waals surface area contributed by atoms with E-state index >= 15 is 0 Å². The first kappa shape index (κ1) is 19.7. The molecule has 0 saturated carbocycles. The number of aromatic nitrogens is 1. The zero-order chi connectivity index (χ0) is 20.1. The molecule has 1 heterocycles. The van der Waals surface area contributed by atoms with Crippen LogP contribution < -0.4 is 0 Å². The molecule has 0 spiro atoms. The number of carbonyl (C=O) groups excluding carboxylic acids is 1. The van der Waals surface area contributed by atoms with Crippen molar-refractivity contribution in [2.75, 3.05) is 7.05 Å². The second-order valence-corrected chi connectivity index (χ2v) is 6.43. The Morgan fingerprint density at radius 3 is 2.39 bits per heavy atom. The van der Waals surface area contributed by atoms with Crippen LogP contribution in [0.2, 0.25) is 0 Å². The SMILES string of the molecule is CN(Cc1ccc(C(F)(F)F)cc1)C(=O)CCc1ncc(-c2ccccc2)o1. The molecule has 0 fully saturated rings. The predicted octanol–water partition coefficient (Wildman–Crippen LogP) is 4.95. The fourth-order valence-corrected chi connectivity index (χ4v) is 2.73. The van der Waals surface area contributed by atoms with E-state index in [0.29, 0.717) is 23.6 Å². The lowest BCUT2D eigenvalue weighted by atomic mass is 10.1. The number of rotatable bonds is 6. The maximum atomic E-state index is 12.6. The molecule has 0 atom stereocenters. The van der Waals surface area contributed by atoms with Crippen LogP contribution in [0.3, 0.4) is 0 Å². The summed E-state index contributed by atoms with van der Waals surface area (Å²) in [5, 5.41) is 0. The topological polar surface area (TPSA) is 46.3 Å². The second-order valence-electron chi connectivity index (χ2n) is 6.43. The molecule has 0 bridgehead atoms. The van der Waals surface area contributed by atoms with Gasteiger partial charge in [0.05, 0.1) is 11.8 Å². The normalized spacial score (nSPS) is 11.4. The first-order valence-electron chi connectivity index (χ1n) is 8.73. The third-order valence-corrected chi connectivity index (χ3v) is 4.29. The summed E-state index contributed by atoms with van der Waals surface area (Å²) < 4.78 is 43.5. The van der Waals surface area contributed by atoms with Crippen LogP contribution in [0.1, 0.15) is 23.4 Å². The lowest BCUT2D eigenvalue weighted by Gasteiger charge is -2.17. The van der Waals surface area contributed by atoms with Crippen LogP contribution in [0.5, 0.6) is 0 Å². The Bertz CT molecular complexity index is 919. The van der Waals surface area contributed by atoms with Crippen LogP contribution in [0.15, 0.2) is 65.2 Å². The Balaban J connectivity index is 1.53. The van der Waals surface area contributed by atoms with Crippen molar-refractivity contribution in [3.8, 4) is 11.3 Å². The Morgan fingerprint density at radius 2 is 1.75 bits per heavy atom. The number of halogens is 3. The highest BCUT2D eigenvalue weighted by atomic mass is 19.4. The number of hydrogen-bond acceptors (Lipinski definition) is 3. The monoisotopic (exact) mass is 388 g/mol. The number of oxazole rings is 1. The summed E-state index contributed by atoms with van der Waals surface area (Å²) in [6.07, 6.45) is -2.19. The van der Waals surface area contributed by atoms with E-state index in [0.717, 1.165) is 17.7 Å². The average molecular weight is 388 g/mol. The molecule has 7 heteroatoms. The van der Waals surface area contributed by atoms with E-state index in [-0.39, 0.29) is 18.9 Å². The molecule has 1 aromatic heterocycles. The molecular weight excluding hydrogens is 369 g/mol. The minimum atomic E-state index is -4.37. The van der Waals surface area contributed by atoms with Gasteiger partial charge in [-0.05, 0) is 17.7 Å². The zero-order valence-corrected chi connectivity index (χ0v) is 15.2. The molecule has 0 unspecified atom stereocenters. The van der Waals surface area contributed by atoms with Gasteiger partial charge in [0.25, 0.3) is 0 Å². The standard InChI is InChI=1S/C21H19F3N2O2/c1-26(14-15-7-9-17(10-8-15)21(22,23)24)20(27)12-11-19-25-13-18(28-19)16-5-3-2-4-6-16/h2-10,13H,11-12,14H2,1H3. The smallest absolute Gasteiger partial charge is 0.416 e. The van der Waals surface area contributed by atoms with E-state index < -0.39 is 11.7 Å². The quantitative estimate of drug-likeness (QED) is 0.600. The molecule has 0 saturated heterocycles. The summed E-state index contributed by atoms with van der Waals surface area (Å²) in [5.41, 5.74) is 0.835. The number of aryl methyl sites for hydroxylation is 1. The summed E-state index contributed by atoms with van der Waals surface area (Å²) in [4.78, 5) is 18.0. The van der Waals surface area contributed by atoms with Gasteiger partial charge in [-0.3, -0.25) is 4.79 Å². The largest absolute Gasteiger partial charge is 0.441 e. The molecule has 1 amide bonds. The molecule has 0 aliphatic rings. The van der Waals surface area contributed by atoms with Crippen molar-refractivity contribution < 1.29 is 22.4 Å². The summed E-state index contributed by atoms with van der Waals surface area (Å²) in [7, 11) is 1.62. The van der Waals surface area contributed by atoms with Gasteiger partial charge < -0.3 is 9.32 Å². The van der Waals surface area contributed by atoms with E-state index in [1.54, 1.807) is 13.2 Å². The van der Waals surface area contributed by atoms with Gasteiger partial charge in [-0.25, -0.2) is 4.98 Å². The maximum absolute atomic E-state index is 12.6. The zero-order valence-electron chi connectivity index (χ0n) is 15.2. The number of benzene rings is 2. The van der Waals surface area contributed by atoms with Gasteiger partial charge in [-0.2, -0.15) is 13.2 Å². The molecule has 3 rings (SSSR count). The molecule has 4 nitrogen and oxygen atoms in total. The molecule has 3 aromatic rings. The Kier molecular flexibility index (Phi) is 5.82. The number of carbonyl (C=O) groups is 1. The fraction of sp³-hybridized carbons (Fsp3) is 0.238. The van der Waals surface area contributed by atoms with Gasteiger partial charge in [-0.15, -0.1) is 0 Å². The molecule has 0 radical (unpaired) electrons. The van der Waals surface area contributed by atoms with Gasteiger partial charge in [0, 0.05) is 32.0 Å². The fourth-order valence-electron chi connectivity index (χ4n) is 2.73. The Hall–Kier alpha value is -3.09. The van der Waals surface area contributed by atoms with Crippen molar-refractivity contribution in [1.82, 2.24) is 9.88 Å². The molecule has 0 aliphatic carbocycles. The van der Waals surface area contributed by atoms with Crippen LogP contribution in [0.4, 0.5) is 13.2 Å². The van der Waals surface area contributed by atoms with Crippen LogP contribution >= 0.6 is 0 Å².